The molecule has 0 aliphatic heterocycles. The standard InChI is InChI=1S/C8H5BrF3NO2/c1-15-8(14)6-5(7(11)12)3(9)2-4(10)13-6/h2,7H,1H3. The molecule has 0 amide bonds. The van der Waals surface area contributed by atoms with Crippen LogP contribution in [0.1, 0.15) is 22.5 Å². The molecule has 0 unspecified atom stereocenters. The van der Waals surface area contributed by atoms with Gasteiger partial charge in [-0.3, -0.25) is 0 Å². The highest BCUT2D eigenvalue weighted by molar-refractivity contribution is 9.10. The first-order valence-corrected chi connectivity index (χ1v) is 4.49. The Labute approximate surface area is 91.4 Å². The van der Waals surface area contributed by atoms with E-state index in [1.54, 1.807) is 0 Å². The number of hydrogen-bond acceptors (Lipinski definition) is 3. The van der Waals surface area contributed by atoms with Gasteiger partial charge < -0.3 is 4.74 Å². The van der Waals surface area contributed by atoms with Crippen LogP contribution < -0.4 is 0 Å². The van der Waals surface area contributed by atoms with Crippen molar-refractivity contribution < 1.29 is 22.7 Å². The van der Waals surface area contributed by atoms with Crippen molar-refractivity contribution in [3.63, 3.8) is 0 Å². The molecule has 0 saturated carbocycles. The Balaban J connectivity index is 3.40. The number of pyridine rings is 1. The molecule has 0 aliphatic rings. The minimum atomic E-state index is -2.94. The summed E-state index contributed by atoms with van der Waals surface area (Å²) in [6, 6.07) is 0.758. The Morgan fingerprint density at radius 2 is 2.20 bits per heavy atom. The number of carbonyl (C=O) groups is 1. The number of esters is 1. The molecule has 1 aromatic heterocycles. The summed E-state index contributed by atoms with van der Waals surface area (Å²) in [6.45, 7) is 0. The molecular weight excluding hydrogens is 279 g/mol. The second kappa shape index (κ2) is 4.61. The molecule has 0 saturated heterocycles. The maximum absolute atomic E-state index is 12.8. The molecule has 0 atom stereocenters. The second-order valence-corrected chi connectivity index (χ2v) is 3.34. The van der Waals surface area contributed by atoms with Crippen LogP contribution in [0.25, 0.3) is 0 Å². The Kier molecular flexibility index (Phi) is 3.67. The van der Waals surface area contributed by atoms with Gasteiger partial charge in [-0.1, -0.05) is 15.9 Å². The fraction of sp³-hybridized carbons (Fsp3) is 0.250. The molecule has 0 fully saturated rings. The maximum atomic E-state index is 12.8. The van der Waals surface area contributed by atoms with Crippen LogP contribution in [0.4, 0.5) is 13.2 Å². The van der Waals surface area contributed by atoms with Gasteiger partial charge in [0.1, 0.15) is 0 Å². The summed E-state index contributed by atoms with van der Waals surface area (Å²) in [4.78, 5) is 14.1. The maximum Gasteiger partial charge on any atom is 0.357 e. The minimum absolute atomic E-state index is 0.217. The zero-order valence-electron chi connectivity index (χ0n) is 7.43. The van der Waals surface area contributed by atoms with E-state index in [0.717, 1.165) is 13.2 Å². The summed E-state index contributed by atoms with van der Waals surface area (Å²) >= 11 is 2.73. The average Bonchev–Trinajstić information content (AvgIpc) is 2.14. The van der Waals surface area contributed by atoms with Crippen molar-refractivity contribution in [2.75, 3.05) is 7.11 Å². The lowest BCUT2D eigenvalue weighted by Gasteiger charge is -2.08. The monoisotopic (exact) mass is 283 g/mol. The lowest BCUT2D eigenvalue weighted by molar-refractivity contribution is 0.0579. The third kappa shape index (κ3) is 2.47. The van der Waals surface area contributed by atoms with Crippen molar-refractivity contribution in [2.45, 2.75) is 6.43 Å². The molecule has 1 aromatic rings. The fourth-order valence-electron chi connectivity index (χ4n) is 0.955. The van der Waals surface area contributed by atoms with Gasteiger partial charge in [-0.2, -0.15) is 4.39 Å². The van der Waals surface area contributed by atoms with Gasteiger partial charge in [-0.05, 0) is 0 Å². The van der Waals surface area contributed by atoms with E-state index in [4.69, 9.17) is 0 Å². The lowest BCUT2D eigenvalue weighted by atomic mass is 10.2. The normalized spacial score (nSPS) is 10.5. The van der Waals surface area contributed by atoms with Crippen molar-refractivity contribution >= 4 is 21.9 Å². The quantitative estimate of drug-likeness (QED) is 0.619. The summed E-state index contributed by atoms with van der Waals surface area (Å²) in [6.07, 6.45) is -2.94. The number of aromatic nitrogens is 1. The SMILES string of the molecule is COC(=O)c1nc(F)cc(Br)c1C(F)F. The van der Waals surface area contributed by atoms with E-state index in [-0.39, 0.29) is 4.47 Å². The Hall–Kier alpha value is -1.11. The minimum Gasteiger partial charge on any atom is -0.464 e. The summed E-state index contributed by atoms with van der Waals surface area (Å²) in [5, 5.41) is 0. The van der Waals surface area contributed by atoms with Crippen LogP contribution in [0.15, 0.2) is 10.5 Å². The Bertz CT molecular complexity index is 398. The Morgan fingerprint density at radius 3 is 2.67 bits per heavy atom. The topological polar surface area (TPSA) is 39.2 Å². The van der Waals surface area contributed by atoms with Gasteiger partial charge >= 0.3 is 5.97 Å². The number of nitrogens with zero attached hydrogens (tertiary/aromatic N) is 1. The smallest absolute Gasteiger partial charge is 0.357 e. The number of hydrogen-bond donors (Lipinski definition) is 0. The first-order chi connectivity index (χ1) is 6.97. The lowest BCUT2D eigenvalue weighted by Crippen LogP contribution is -2.11. The van der Waals surface area contributed by atoms with Gasteiger partial charge in [0.2, 0.25) is 5.95 Å². The van der Waals surface area contributed by atoms with Crippen LogP contribution in [0.2, 0.25) is 0 Å². The van der Waals surface area contributed by atoms with Crippen LogP contribution in [0.3, 0.4) is 0 Å². The van der Waals surface area contributed by atoms with Crippen molar-refractivity contribution in [3.05, 3.63) is 27.7 Å². The third-order valence-electron chi connectivity index (χ3n) is 1.57. The van der Waals surface area contributed by atoms with Crippen molar-refractivity contribution in [3.8, 4) is 0 Å². The zero-order valence-corrected chi connectivity index (χ0v) is 9.02. The fourth-order valence-corrected chi connectivity index (χ4v) is 1.50. The molecule has 1 rings (SSSR count). The highest BCUT2D eigenvalue weighted by Crippen LogP contribution is 2.30. The van der Waals surface area contributed by atoms with E-state index < -0.39 is 29.6 Å². The van der Waals surface area contributed by atoms with Crippen LogP contribution >= 0.6 is 15.9 Å². The van der Waals surface area contributed by atoms with Gasteiger partial charge in [0, 0.05) is 10.5 Å². The highest BCUT2D eigenvalue weighted by Gasteiger charge is 2.24. The zero-order chi connectivity index (χ0) is 11.6. The molecule has 7 heteroatoms. The van der Waals surface area contributed by atoms with E-state index >= 15 is 0 Å². The molecule has 82 valence electrons. The largest absolute Gasteiger partial charge is 0.464 e. The summed E-state index contributed by atoms with van der Waals surface area (Å²) < 4.78 is 41.8. The van der Waals surface area contributed by atoms with Gasteiger partial charge in [0.15, 0.2) is 5.69 Å². The molecule has 0 aliphatic carbocycles. The van der Waals surface area contributed by atoms with Crippen LogP contribution in [-0.4, -0.2) is 18.1 Å². The molecular formula is C8H5BrF3NO2. The molecule has 15 heavy (non-hydrogen) atoms. The molecule has 0 N–H and O–H groups in total. The number of rotatable bonds is 2. The highest BCUT2D eigenvalue weighted by atomic mass is 79.9. The second-order valence-electron chi connectivity index (χ2n) is 2.48. The molecule has 0 radical (unpaired) electrons. The number of methoxy groups -OCH3 is 1. The van der Waals surface area contributed by atoms with Crippen molar-refractivity contribution in [2.24, 2.45) is 0 Å². The molecule has 0 bridgehead atoms. The first-order valence-electron chi connectivity index (χ1n) is 3.69. The summed E-state index contributed by atoms with van der Waals surface area (Å²) in [7, 11) is 0.998. The predicted octanol–water partition coefficient (Wildman–Crippen LogP) is 2.71. The van der Waals surface area contributed by atoms with Gasteiger partial charge in [0.25, 0.3) is 6.43 Å². The van der Waals surface area contributed by atoms with E-state index in [1.807, 2.05) is 0 Å². The van der Waals surface area contributed by atoms with Crippen LogP contribution in [0.5, 0.6) is 0 Å². The number of carbonyl (C=O) groups excluding carboxylic acids is 1. The summed E-state index contributed by atoms with van der Waals surface area (Å²) in [5.41, 5.74) is -1.40. The van der Waals surface area contributed by atoms with Crippen molar-refractivity contribution in [1.82, 2.24) is 4.98 Å². The number of alkyl halides is 2. The first kappa shape index (κ1) is 12.0. The Morgan fingerprint density at radius 1 is 1.60 bits per heavy atom. The van der Waals surface area contributed by atoms with E-state index in [0.29, 0.717) is 0 Å². The average molecular weight is 284 g/mol. The van der Waals surface area contributed by atoms with Gasteiger partial charge in [-0.15, -0.1) is 0 Å². The van der Waals surface area contributed by atoms with Gasteiger partial charge in [-0.25, -0.2) is 18.6 Å². The van der Waals surface area contributed by atoms with Crippen LogP contribution in [0, 0.1) is 5.95 Å². The summed E-state index contributed by atoms with van der Waals surface area (Å²) in [5.74, 6) is -2.14. The predicted molar refractivity (Wildman–Crippen MR) is 48.2 cm³/mol. The van der Waals surface area contributed by atoms with Crippen LogP contribution in [-0.2, 0) is 4.74 Å². The number of halogens is 4. The molecule has 0 spiro atoms. The molecule has 0 aromatic carbocycles. The van der Waals surface area contributed by atoms with Crippen molar-refractivity contribution in [1.29, 1.82) is 0 Å². The molecule has 3 nitrogen and oxygen atoms in total. The van der Waals surface area contributed by atoms with E-state index in [9.17, 15) is 18.0 Å². The molecule has 1 heterocycles. The van der Waals surface area contributed by atoms with E-state index in [1.165, 1.54) is 0 Å². The number of ether oxygens (including phenoxy) is 1. The van der Waals surface area contributed by atoms with E-state index in [2.05, 4.69) is 25.7 Å². The van der Waals surface area contributed by atoms with Gasteiger partial charge in [0.05, 0.1) is 12.7 Å². The third-order valence-corrected chi connectivity index (χ3v) is 2.23.